The van der Waals surface area contributed by atoms with Crippen LogP contribution in [-0.2, 0) is 11.0 Å². The van der Waals surface area contributed by atoms with Crippen molar-refractivity contribution in [3.05, 3.63) is 70.2 Å². The highest BCUT2D eigenvalue weighted by Crippen LogP contribution is 2.29. The van der Waals surface area contributed by atoms with E-state index in [0.717, 1.165) is 24.3 Å². The quantitative estimate of drug-likeness (QED) is 0.535. The summed E-state index contributed by atoms with van der Waals surface area (Å²) >= 11 is 7.37. The van der Waals surface area contributed by atoms with Crippen LogP contribution in [0.25, 0.3) is 0 Å². The SMILES string of the molecule is CSCCC(NC(=O)c1ccc(C(F)(F)F)cc1)C(=O)NNC(=O)c1ccccc1Cl. The van der Waals surface area contributed by atoms with Gasteiger partial charge in [-0.1, -0.05) is 23.7 Å². The topological polar surface area (TPSA) is 87.3 Å². The van der Waals surface area contributed by atoms with Crippen LogP contribution in [0, 0.1) is 0 Å². The predicted octanol–water partition coefficient (Wildman–Crippen LogP) is 3.67. The zero-order valence-electron chi connectivity index (χ0n) is 16.3. The second-order valence-electron chi connectivity index (χ2n) is 6.31. The molecule has 0 radical (unpaired) electrons. The molecule has 2 aromatic carbocycles. The van der Waals surface area contributed by atoms with Crippen LogP contribution in [0.3, 0.4) is 0 Å². The third-order valence-electron chi connectivity index (χ3n) is 4.12. The maximum absolute atomic E-state index is 12.7. The molecule has 0 saturated heterocycles. The van der Waals surface area contributed by atoms with Crippen LogP contribution in [0.2, 0.25) is 5.02 Å². The largest absolute Gasteiger partial charge is 0.416 e. The molecule has 3 N–H and O–H groups in total. The lowest BCUT2D eigenvalue weighted by Gasteiger charge is -2.19. The van der Waals surface area contributed by atoms with Gasteiger partial charge >= 0.3 is 6.18 Å². The van der Waals surface area contributed by atoms with Crippen LogP contribution in [-0.4, -0.2) is 35.8 Å². The summed E-state index contributed by atoms with van der Waals surface area (Å²) in [6.45, 7) is 0. The predicted molar refractivity (Wildman–Crippen MR) is 113 cm³/mol. The number of alkyl halides is 3. The van der Waals surface area contributed by atoms with Gasteiger partial charge in [0.25, 0.3) is 17.7 Å². The van der Waals surface area contributed by atoms with Crippen molar-refractivity contribution in [2.45, 2.75) is 18.6 Å². The van der Waals surface area contributed by atoms with E-state index in [0.29, 0.717) is 5.75 Å². The van der Waals surface area contributed by atoms with E-state index in [1.807, 2.05) is 6.26 Å². The smallest absolute Gasteiger partial charge is 0.340 e. The third kappa shape index (κ3) is 7.18. The van der Waals surface area contributed by atoms with Gasteiger partial charge in [0.15, 0.2) is 0 Å². The van der Waals surface area contributed by atoms with Gasteiger partial charge in [0.05, 0.1) is 16.1 Å². The molecule has 0 aromatic heterocycles. The highest BCUT2D eigenvalue weighted by molar-refractivity contribution is 7.98. The summed E-state index contributed by atoms with van der Waals surface area (Å²) in [6.07, 6.45) is -2.47. The molecule has 11 heteroatoms. The van der Waals surface area contributed by atoms with Gasteiger partial charge in [-0.3, -0.25) is 25.2 Å². The Labute approximate surface area is 185 Å². The first-order valence-corrected chi connectivity index (χ1v) is 10.7. The van der Waals surface area contributed by atoms with Gasteiger partial charge in [-0.05, 0) is 54.8 Å². The average molecular weight is 474 g/mol. The number of thioether (sulfide) groups is 1. The molecular weight excluding hydrogens is 455 g/mol. The van der Waals surface area contributed by atoms with Crippen molar-refractivity contribution < 1.29 is 27.6 Å². The van der Waals surface area contributed by atoms with Gasteiger partial charge in [0.2, 0.25) is 0 Å². The van der Waals surface area contributed by atoms with Gasteiger partial charge < -0.3 is 5.32 Å². The highest BCUT2D eigenvalue weighted by atomic mass is 35.5. The molecule has 1 atom stereocenters. The third-order valence-corrected chi connectivity index (χ3v) is 5.10. The molecule has 2 rings (SSSR count). The van der Waals surface area contributed by atoms with Crippen LogP contribution >= 0.6 is 23.4 Å². The Bertz CT molecular complexity index is 939. The summed E-state index contributed by atoms with van der Waals surface area (Å²) in [7, 11) is 0. The Kier molecular flexibility index (Phi) is 8.76. The van der Waals surface area contributed by atoms with E-state index in [1.54, 1.807) is 12.1 Å². The van der Waals surface area contributed by atoms with E-state index in [-0.39, 0.29) is 22.6 Å². The number of hydrazine groups is 1. The molecule has 0 aliphatic carbocycles. The number of nitrogens with one attached hydrogen (secondary N) is 3. The fourth-order valence-electron chi connectivity index (χ4n) is 2.47. The van der Waals surface area contributed by atoms with Crippen LogP contribution in [0.15, 0.2) is 48.5 Å². The number of rotatable bonds is 7. The van der Waals surface area contributed by atoms with Crippen LogP contribution in [0.4, 0.5) is 13.2 Å². The summed E-state index contributed by atoms with van der Waals surface area (Å²) in [4.78, 5) is 37.1. The molecule has 1 unspecified atom stereocenters. The van der Waals surface area contributed by atoms with E-state index in [1.165, 1.54) is 23.9 Å². The molecule has 0 heterocycles. The fourth-order valence-corrected chi connectivity index (χ4v) is 3.17. The number of amides is 3. The number of halogens is 4. The van der Waals surface area contributed by atoms with Crippen molar-refractivity contribution >= 4 is 41.1 Å². The Hall–Kier alpha value is -2.72. The first kappa shape index (κ1) is 24.5. The van der Waals surface area contributed by atoms with Gasteiger partial charge in [-0.15, -0.1) is 0 Å². The maximum Gasteiger partial charge on any atom is 0.416 e. The maximum atomic E-state index is 12.7. The highest BCUT2D eigenvalue weighted by Gasteiger charge is 2.30. The minimum absolute atomic E-state index is 0.0324. The monoisotopic (exact) mass is 473 g/mol. The number of carbonyl (C=O) groups excluding carboxylic acids is 3. The lowest BCUT2D eigenvalue weighted by molar-refractivity contribution is -0.137. The summed E-state index contributed by atoms with van der Waals surface area (Å²) in [5, 5.41) is 2.68. The van der Waals surface area contributed by atoms with E-state index in [9.17, 15) is 27.6 Å². The Morgan fingerprint density at radius 3 is 2.23 bits per heavy atom. The molecule has 0 bridgehead atoms. The van der Waals surface area contributed by atoms with Crippen molar-refractivity contribution in [2.75, 3.05) is 12.0 Å². The zero-order valence-corrected chi connectivity index (χ0v) is 17.8. The molecule has 0 spiro atoms. The second-order valence-corrected chi connectivity index (χ2v) is 7.70. The molecule has 2 aromatic rings. The first-order chi connectivity index (χ1) is 14.6. The Morgan fingerprint density at radius 1 is 1.00 bits per heavy atom. The van der Waals surface area contributed by atoms with Crippen molar-refractivity contribution in [1.82, 2.24) is 16.2 Å². The van der Waals surface area contributed by atoms with Crippen LogP contribution in [0.5, 0.6) is 0 Å². The van der Waals surface area contributed by atoms with Gasteiger partial charge in [-0.2, -0.15) is 24.9 Å². The standard InChI is InChI=1S/C20H19ClF3N3O3S/c1-31-11-10-16(19(30)27-26-18(29)14-4-2-3-5-15(14)21)25-17(28)12-6-8-13(9-7-12)20(22,23)24/h2-9,16H,10-11H2,1H3,(H,25,28)(H,26,29)(H,27,30). The summed E-state index contributed by atoms with van der Waals surface area (Å²) in [5.41, 5.74) is 3.69. The van der Waals surface area contributed by atoms with E-state index < -0.39 is 35.5 Å². The molecule has 6 nitrogen and oxygen atoms in total. The minimum Gasteiger partial charge on any atom is -0.340 e. The van der Waals surface area contributed by atoms with Crippen molar-refractivity contribution in [3.8, 4) is 0 Å². The molecule has 3 amide bonds. The Balaban J connectivity index is 2.03. The lowest BCUT2D eigenvalue weighted by atomic mass is 10.1. The zero-order chi connectivity index (χ0) is 23.0. The summed E-state index contributed by atoms with van der Waals surface area (Å²) in [6, 6.07) is 8.85. The van der Waals surface area contributed by atoms with Crippen molar-refractivity contribution in [1.29, 1.82) is 0 Å². The lowest BCUT2D eigenvalue weighted by Crippen LogP contribution is -2.52. The molecule has 0 saturated carbocycles. The number of benzene rings is 2. The van der Waals surface area contributed by atoms with Gasteiger partial charge in [0.1, 0.15) is 6.04 Å². The molecular formula is C20H19ClF3N3O3S. The summed E-state index contributed by atoms with van der Waals surface area (Å²) in [5.74, 6) is -1.53. The second kappa shape index (κ2) is 11.1. The molecule has 31 heavy (non-hydrogen) atoms. The molecule has 166 valence electrons. The number of carbonyl (C=O) groups is 3. The van der Waals surface area contributed by atoms with Crippen molar-refractivity contribution in [3.63, 3.8) is 0 Å². The van der Waals surface area contributed by atoms with Gasteiger partial charge in [0, 0.05) is 5.56 Å². The number of hydrogen-bond donors (Lipinski definition) is 3. The summed E-state index contributed by atoms with van der Waals surface area (Å²) < 4.78 is 38.0. The first-order valence-electron chi connectivity index (χ1n) is 8.95. The normalized spacial score (nSPS) is 12.0. The molecule has 0 aliphatic heterocycles. The fraction of sp³-hybridized carbons (Fsp3) is 0.250. The number of hydrogen-bond acceptors (Lipinski definition) is 4. The Morgan fingerprint density at radius 2 is 1.65 bits per heavy atom. The molecule has 0 aliphatic rings. The van der Waals surface area contributed by atoms with Crippen LogP contribution < -0.4 is 16.2 Å². The van der Waals surface area contributed by atoms with Crippen LogP contribution in [0.1, 0.15) is 32.7 Å². The van der Waals surface area contributed by atoms with Gasteiger partial charge in [-0.25, -0.2) is 0 Å². The molecule has 0 fully saturated rings. The van der Waals surface area contributed by atoms with E-state index >= 15 is 0 Å². The minimum atomic E-state index is -4.52. The van der Waals surface area contributed by atoms with E-state index in [4.69, 9.17) is 11.6 Å². The average Bonchev–Trinajstić information content (AvgIpc) is 2.74. The van der Waals surface area contributed by atoms with E-state index in [2.05, 4.69) is 16.2 Å². The van der Waals surface area contributed by atoms with Crippen molar-refractivity contribution in [2.24, 2.45) is 0 Å².